The van der Waals surface area contributed by atoms with Gasteiger partial charge >= 0.3 is 6.09 Å². The largest absolute Gasteiger partial charge is 0.444 e. The number of alkyl carbamates (subject to hydrolysis) is 1. The van der Waals surface area contributed by atoms with Crippen molar-refractivity contribution in [3.8, 4) is 0 Å². The van der Waals surface area contributed by atoms with Crippen molar-refractivity contribution in [2.75, 3.05) is 0 Å². The summed E-state index contributed by atoms with van der Waals surface area (Å²) in [6.07, 6.45) is 9.25. The Bertz CT molecular complexity index is 596. The minimum Gasteiger partial charge on any atom is -0.444 e. The van der Waals surface area contributed by atoms with Crippen molar-refractivity contribution >= 4 is 6.09 Å². The summed E-state index contributed by atoms with van der Waals surface area (Å²) in [6.45, 7) is 14.4. The number of amides is 1. The molecule has 1 aliphatic rings. The zero-order valence-electron chi connectivity index (χ0n) is 17.0. The Balaban J connectivity index is 2.10. The number of carbonyl (C=O) groups is 1. The van der Waals surface area contributed by atoms with Gasteiger partial charge in [0.1, 0.15) is 5.60 Å². The van der Waals surface area contributed by atoms with Gasteiger partial charge in [0.15, 0.2) is 0 Å². The van der Waals surface area contributed by atoms with Crippen LogP contribution in [0.15, 0.2) is 12.5 Å². The fraction of sp³-hybridized carbons (Fsp3) is 0.800. The van der Waals surface area contributed by atoms with Gasteiger partial charge in [0, 0.05) is 29.9 Å². The summed E-state index contributed by atoms with van der Waals surface area (Å²) >= 11 is 0. The quantitative estimate of drug-likeness (QED) is 0.843. The Hall–Kier alpha value is -1.52. The third kappa shape index (κ3) is 5.48. The van der Waals surface area contributed by atoms with Crippen LogP contribution < -0.4 is 5.32 Å². The lowest BCUT2D eigenvalue weighted by Gasteiger charge is -2.40. The molecule has 1 amide bonds. The van der Waals surface area contributed by atoms with E-state index in [2.05, 4.69) is 28.7 Å². The topological polar surface area (TPSA) is 56.2 Å². The van der Waals surface area contributed by atoms with Gasteiger partial charge in [0.2, 0.25) is 0 Å². The van der Waals surface area contributed by atoms with Crippen LogP contribution >= 0.6 is 0 Å². The van der Waals surface area contributed by atoms with Crippen LogP contribution in [0.3, 0.4) is 0 Å². The van der Waals surface area contributed by atoms with Crippen molar-refractivity contribution in [1.29, 1.82) is 0 Å². The van der Waals surface area contributed by atoms with E-state index >= 15 is 0 Å². The Morgan fingerprint density at radius 1 is 1.32 bits per heavy atom. The van der Waals surface area contributed by atoms with Crippen molar-refractivity contribution < 1.29 is 9.53 Å². The molecule has 0 aromatic carbocycles. The highest BCUT2D eigenvalue weighted by atomic mass is 16.6. The number of nitrogens with one attached hydrogen (secondary N) is 1. The molecule has 1 saturated carbocycles. The second-order valence-electron chi connectivity index (χ2n) is 9.73. The number of rotatable bonds is 4. The molecule has 1 unspecified atom stereocenters. The Labute approximate surface area is 152 Å². The molecule has 0 radical (unpaired) electrons. The lowest BCUT2D eigenvalue weighted by atomic mass is 9.73. The molecule has 5 nitrogen and oxygen atoms in total. The van der Waals surface area contributed by atoms with Gasteiger partial charge in [-0.15, -0.1) is 0 Å². The van der Waals surface area contributed by atoms with Crippen LogP contribution in [0.25, 0.3) is 0 Å². The third-order valence-corrected chi connectivity index (χ3v) is 5.00. The predicted octanol–water partition coefficient (Wildman–Crippen LogP) is 4.87. The first kappa shape index (κ1) is 19.8. The normalized spacial score (nSPS) is 21.0. The van der Waals surface area contributed by atoms with E-state index in [1.807, 2.05) is 47.1 Å². The van der Waals surface area contributed by atoms with E-state index in [1.54, 1.807) is 0 Å². The highest BCUT2D eigenvalue weighted by Crippen LogP contribution is 2.44. The Kier molecular flexibility index (Phi) is 5.55. The molecule has 2 rings (SSSR count). The van der Waals surface area contributed by atoms with Crippen molar-refractivity contribution in [3.05, 3.63) is 18.2 Å². The minimum atomic E-state index is -0.492. The van der Waals surface area contributed by atoms with Gasteiger partial charge in [0.25, 0.3) is 0 Å². The van der Waals surface area contributed by atoms with Crippen LogP contribution in [-0.2, 0) is 11.2 Å². The van der Waals surface area contributed by atoms with Gasteiger partial charge in [0.05, 0.1) is 6.33 Å². The van der Waals surface area contributed by atoms with Crippen molar-refractivity contribution in [3.63, 3.8) is 0 Å². The SMILES string of the molecule is CC(C)(Cc1cncn1C1CCCCC1(C)C)NC(=O)OC(C)(C)C. The fourth-order valence-electron chi connectivity index (χ4n) is 3.82. The molecule has 1 heterocycles. The predicted molar refractivity (Wildman–Crippen MR) is 101 cm³/mol. The van der Waals surface area contributed by atoms with E-state index < -0.39 is 11.1 Å². The maximum atomic E-state index is 12.1. The number of hydrogen-bond donors (Lipinski definition) is 1. The van der Waals surface area contributed by atoms with Crippen LogP contribution in [0.4, 0.5) is 4.79 Å². The highest BCUT2D eigenvalue weighted by Gasteiger charge is 2.35. The second-order valence-corrected chi connectivity index (χ2v) is 9.73. The minimum absolute atomic E-state index is 0.274. The standard InChI is InChI=1S/C20H35N3O2/c1-18(2,3)25-17(24)22-20(6,7)12-15-13-21-14-23(15)16-10-8-9-11-19(16,4)5/h13-14,16H,8-12H2,1-7H3,(H,22,24). The highest BCUT2D eigenvalue weighted by molar-refractivity contribution is 5.68. The first-order valence-electron chi connectivity index (χ1n) is 9.42. The average molecular weight is 350 g/mol. The number of nitrogens with zero attached hydrogens (tertiary/aromatic N) is 2. The van der Waals surface area contributed by atoms with Crippen LogP contribution in [0, 0.1) is 5.41 Å². The summed E-state index contributed by atoms with van der Waals surface area (Å²) < 4.78 is 7.73. The van der Waals surface area contributed by atoms with E-state index in [0.29, 0.717) is 6.04 Å². The van der Waals surface area contributed by atoms with Gasteiger partial charge in [-0.05, 0) is 52.9 Å². The second kappa shape index (κ2) is 7.00. The van der Waals surface area contributed by atoms with Gasteiger partial charge in [-0.25, -0.2) is 9.78 Å². The van der Waals surface area contributed by atoms with E-state index in [0.717, 1.165) is 6.42 Å². The molecule has 1 N–H and O–H groups in total. The summed E-state index contributed by atoms with van der Waals surface area (Å²) in [7, 11) is 0. The number of imidazole rings is 1. The molecular formula is C20H35N3O2. The van der Waals surface area contributed by atoms with Gasteiger partial charge in [-0.1, -0.05) is 26.7 Å². The summed E-state index contributed by atoms with van der Waals surface area (Å²) in [6, 6.07) is 0.469. The molecule has 1 aromatic heterocycles. The fourth-order valence-corrected chi connectivity index (χ4v) is 3.82. The van der Waals surface area contributed by atoms with Gasteiger partial charge in [-0.2, -0.15) is 0 Å². The van der Waals surface area contributed by atoms with Crippen LogP contribution in [-0.4, -0.2) is 26.8 Å². The third-order valence-electron chi connectivity index (χ3n) is 5.00. The zero-order chi connectivity index (χ0) is 18.9. The van der Waals surface area contributed by atoms with Crippen LogP contribution in [0.2, 0.25) is 0 Å². The maximum absolute atomic E-state index is 12.1. The zero-order valence-corrected chi connectivity index (χ0v) is 17.0. The van der Waals surface area contributed by atoms with E-state index in [9.17, 15) is 4.79 Å². The van der Waals surface area contributed by atoms with Crippen LogP contribution in [0.5, 0.6) is 0 Å². The Morgan fingerprint density at radius 2 is 2.00 bits per heavy atom. The van der Waals surface area contributed by atoms with Crippen molar-refractivity contribution in [1.82, 2.24) is 14.9 Å². The smallest absolute Gasteiger partial charge is 0.408 e. The van der Waals surface area contributed by atoms with Gasteiger partial charge < -0.3 is 14.6 Å². The van der Waals surface area contributed by atoms with Crippen LogP contribution in [0.1, 0.15) is 85.9 Å². The molecule has 1 atom stereocenters. The van der Waals surface area contributed by atoms with E-state index in [-0.39, 0.29) is 11.5 Å². The molecule has 1 fully saturated rings. The van der Waals surface area contributed by atoms with E-state index in [1.165, 1.54) is 31.4 Å². The number of hydrogen-bond acceptors (Lipinski definition) is 3. The molecule has 0 saturated heterocycles. The summed E-state index contributed by atoms with van der Waals surface area (Å²) in [5.74, 6) is 0. The lowest BCUT2D eigenvalue weighted by Crippen LogP contribution is -2.47. The first-order valence-corrected chi connectivity index (χ1v) is 9.42. The molecule has 0 aliphatic heterocycles. The Morgan fingerprint density at radius 3 is 2.60 bits per heavy atom. The molecule has 142 valence electrons. The summed E-state index contributed by atoms with van der Waals surface area (Å²) in [5.41, 5.74) is 0.546. The number of aromatic nitrogens is 2. The molecule has 0 bridgehead atoms. The molecular weight excluding hydrogens is 314 g/mol. The summed E-state index contributed by atoms with van der Waals surface area (Å²) in [5, 5.41) is 3.00. The monoisotopic (exact) mass is 349 g/mol. The van der Waals surface area contributed by atoms with Crippen molar-refractivity contribution in [2.24, 2.45) is 5.41 Å². The average Bonchev–Trinajstić information content (AvgIpc) is 2.81. The molecule has 1 aromatic rings. The number of carbonyl (C=O) groups excluding carboxylic acids is 1. The summed E-state index contributed by atoms with van der Waals surface area (Å²) in [4.78, 5) is 16.5. The lowest BCUT2D eigenvalue weighted by molar-refractivity contribution is 0.0470. The molecule has 25 heavy (non-hydrogen) atoms. The van der Waals surface area contributed by atoms with E-state index in [4.69, 9.17) is 4.74 Å². The number of ether oxygens (including phenoxy) is 1. The molecule has 1 aliphatic carbocycles. The maximum Gasteiger partial charge on any atom is 0.408 e. The van der Waals surface area contributed by atoms with Gasteiger partial charge in [-0.3, -0.25) is 0 Å². The van der Waals surface area contributed by atoms with Crippen molar-refractivity contribution in [2.45, 2.75) is 97.8 Å². The molecule has 5 heteroatoms. The first-order chi connectivity index (χ1) is 11.4. The molecule has 0 spiro atoms.